The minimum Gasteiger partial charge on any atom is -0.507 e. The van der Waals surface area contributed by atoms with Gasteiger partial charge in [-0.2, -0.15) is 0 Å². The van der Waals surface area contributed by atoms with Gasteiger partial charge in [0.05, 0.1) is 5.56 Å². The number of carbonyl (C=O) groups is 1. The molecule has 2 rings (SSSR count). The number of benzene rings is 1. The summed E-state index contributed by atoms with van der Waals surface area (Å²) < 4.78 is 0. The first-order valence-electron chi connectivity index (χ1n) is 5.15. The number of hydrogen-bond acceptors (Lipinski definition) is 4. The number of anilines is 1. The number of para-hydroxylation sites is 1. The number of rotatable bonds is 2. The first-order valence-corrected chi connectivity index (χ1v) is 5.53. The first kappa shape index (κ1) is 12.3. The zero-order chi connectivity index (χ0) is 13.1. The molecule has 0 saturated heterocycles. The minimum atomic E-state index is -0.453. The predicted molar refractivity (Wildman–Crippen MR) is 67.8 cm³/mol. The van der Waals surface area contributed by atoms with Gasteiger partial charge in [-0.15, -0.1) is 0 Å². The van der Waals surface area contributed by atoms with Crippen LogP contribution >= 0.6 is 11.6 Å². The number of nitrogens with one attached hydrogen (secondary N) is 1. The summed E-state index contributed by atoms with van der Waals surface area (Å²) in [5, 5.41) is 12.5. The summed E-state index contributed by atoms with van der Waals surface area (Å²) >= 11 is 5.68. The van der Waals surface area contributed by atoms with Crippen molar-refractivity contribution in [1.82, 2.24) is 9.97 Å². The second-order valence-corrected chi connectivity index (χ2v) is 4.04. The Bertz CT molecular complexity index is 602. The summed E-state index contributed by atoms with van der Waals surface area (Å²) in [5.41, 5.74) is 0.813. The Morgan fingerprint density at radius 2 is 2.17 bits per heavy atom. The Kier molecular flexibility index (Phi) is 3.43. The van der Waals surface area contributed by atoms with Gasteiger partial charge in [-0.25, -0.2) is 9.97 Å². The Labute approximate surface area is 108 Å². The van der Waals surface area contributed by atoms with Gasteiger partial charge >= 0.3 is 0 Å². The van der Waals surface area contributed by atoms with E-state index in [0.717, 1.165) is 0 Å². The van der Waals surface area contributed by atoms with Crippen molar-refractivity contribution in [2.75, 3.05) is 5.32 Å². The molecule has 0 bridgehead atoms. The van der Waals surface area contributed by atoms with Crippen LogP contribution in [0.3, 0.4) is 0 Å². The number of phenolic OH excluding ortho intramolecular Hbond substituents is 1. The molecule has 2 aromatic rings. The largest absolute Gasteiger partial charge is 0.507 e. The lowest BCUT2D eigenvalue weighted by molar-refractivity contribution is 0.102. The number of nitrogens with zero attached hydrogens (tertiary/aromatic N) is 2. The quantitative estimate of drug-likeness (QED) is 0.816. The van der Waals surface area contributed by atoms with Crippen LogP contribution in [0.1, 0.15) is 15.9 Å². The number of halogens is 1. The van der Waals surface area contributed by atoms with Crippen molar-refractivity contribution >= 4 is 23.3 Å². The van der Waals surface area contributed by atoms with Crippen molar-refractivity contribution in [2.24, 2.45) is 0 Å². The molecule has 1 amide bonds. The Morgan fingerprint density at radius 3 is 2.89 bits per heavy atom. The second kappa shape index (κ2) is 5.01. The molecule has 0 atom stereocenters. The van der Waals surface area contributed by atoms with Crippen LogP contribution in [0, 0.1) is 6.92 Å². The molecule has 2 N–H and O–H groups in total. The summed E-state index contributed by atoms with van der Waals surface area (Å²) in [6.07, 6.45) is 1.24. The third kappa shape index (κ3) is 2.57. The van der Waals surface area contributed by atoms with Gasteiger partial charge in [0.15, 0.2) is 0 Å². The van der Waals surface area contributed by atoms with E-state index in [0.29, 0.717) is 5.56 Å². The second-order valence-electron chi connectivity index (χ2n) is 3.65. The molecule has 0 aliphatic rings. The number of aromatic hydroxyl groups is 1. The van der Waals surface area contributed by atoms with Crippen LogP contribution in [0.25, 0.3) is 0 Å². The molecule has 0 fully saturated rings. The number of phenols is 1. The topological polar surface area (TPSA) is 75.1 Å². The highest BCUT2D eigenvalue weighted by Gasteiger charge is 2.13. The van der Waals surface area contributed by atoms with Gasteiger partial charge in [-0.1, -0.05) is 23.7 Å². The standard InChI is InChI=1S/C12H10ClN3O2/c1-7-3-2-4-8(11(7)17)12(18)16-10-5-9(13)14-6-15-10/h2-6,17H,1H3,(H,14,15,16,18). The van der Waals surface area contributed by atoms with E-state index in [-0.39, 0.29) is 22.3 Å². The van der Waals surface area contributed by atoms with Crippen molar-refractivity contribution < 1.29 is 9.90 Å². The van der Waals surface area contributed by atoms with Crippen LogP contribution in [0.2, 0.25) is 5.15 Å². The molecule has 0 spiro atoms. The van der Waals surface area contributed by atoms with Gasteiger partial charge in [-0.3, -0.25) is 4.79 Å². The fourth-order valence-electron chi connectivity index (χ4n) is 1.43. The van der Waals surface area contributed by atoms with Crippen LogP contribution in [0.5, 0.6) is 5.75 Å². The van der Waals surface area contributed by atoms with Crippen LogP contribution in [0.4, 0.5) is 5.82 Å². The molecule has 18 heavy (non-hydrogen) atoms. The lowest BCUT2D eigenvalue weighted by Gasteiger charge is -2.07. The molecule has 1 aromatic carbocycles. The van der Waals surface area contributed by atoms with Gasteiger partial charge < -0.3 is 10.4 Å². The lowest BCUT2D eigenvalue weighted by Crippen LogP contribution is -2.13. The van der Waals surface area contributed by atoms with Crippen LogP contribution in [-0.2, 0) is 0 Å². The SMILES string of the molecule is Cc1cccc(C(=O)Nc2cc(Cl)ncn2)c1O. The van der Waals surface area contributed by atoms with Crippen molar-refractivity contribution in [3.8, 4) is 5.75 Å². The lowest BCUT2D eigenvalue weighted by atomic mass is 10.1. The fourth-order valence-corrected chi connectivity index (χ4v) is 1.57. The third-order valence-electron chi connectivity index (χ3n) is 2.36. The van der Waals surface area contributed by atoms with Gasteiger partial charge in [-0.05, 0) is 18.6 Å². The van der Waals surface area contributed by atoms with Crippen molar-refractivity contribution in [1.29, 1.82) is 0 Å². The normalized spacial score (nSPS) is 10.1. The molecule has 0 aliphatic carbocycles. The molecule has 92 valence electrons. The van der Waals surface area contributed by atoms with E-state index in [9.17, 15) is 9.90 Å². The first-order chi connectivity index (χ1) is 8.58. The molecule has 5 nitrogen and oxygen atoms in total. The van der Waals surface area contributed by atoms with Crippen LogP contribution in [0.15, 0.2) is 30.6 Å². The molecule has 0 radical (unpaired) electrons. The van der Waals surface area contributed by atoms with Gasteiger partial charge in [0, 0.05) is 6.07 Å². The molecule has 1 aromatic heterocycles. The highest BCUT2D eigenvalue weighted by molar-refractivity contribution is 6.29. The molecular weight excluding hydrogens is 254 g/mol. The van der Waals surface area contributed by atoms with E-state index >= 15 is 0 Å². The summed E-state index contributed by atoms with van der Waals surface area (Å²) in [4.78, 5) is 19.5. The van der Waals surface area contributed by atoms with Crippen molar-refractivity contribution in [3.05, 3.63) is 46.9 Å². The predicted octanol–water partition coefficient (Wildman–Crippen LogP) is 2.40. The number of amides is 1. The summed E-state index contributed by atoms with van der Waals surface area (Å²) in [5.74, 6) is -0.220. The highest BCUT2D eigenvalue weighted by Crippen LogP contribution is 2.22. The average molecular weight is 264 g/mol. The summed E-state index contributed by atoms with van der Waals surface area (Å²) in [6, 6.07) is 6.36. The van der Waals surface area contributed by atoms with Gasteiger partial charge in [0.1, 0.15) is 23.0 Å². The summed E-state index contributed by atoms with van der Waals surface area (Å²) in [7, 11) is 0. The van der Waals surface area contributed by atoms with Gasteiger partial charge in [0.25, 0.3) is 5.91 Å². The molecule has 1 heterocycles. The number of aromatic nitrogens is 2. The van der Waals surface area contributed by atoms with Crippen molar-refractivity contribution in [3.63, 3.8) is 0 Å². The van der Waals surface area contributed by atoms with E-state index < -0.39 is 5.91 Å². The zero-order valence-electron chi connectivity index (χ0n) is 9.51. The van der Waals surface area contributed by atoms with E-state index in [1.54, 1.807) is 19.1 Å². The highest BCUT2D eigenvalue weighted by atomic mass is 35.5. The number of aryl methyl sites for hydroxylation is 1. The average Bonchev–Trinajstić information content (AvgIpc) is 2.32. The minimum absolute atomic E-state index is 0.0462. The van der Waals surface area contributed by atoms with Gasteiger partial charge in [0.2, 0.25) is 0 Å². The third-order valence-corrected chi connectivity index (χ3v) is 2.56. The fraction of sp³-hybridized carbons (Fsp3) is 0.0833. The molecule has 0 aliphatic heterocycles. The van der Waals surface area contributed by atoms with E-state index in [1.165, 1.54) is 18.5 Å². The molecular formula is C12H10ClN3O2. The maximum atomic E-state index is 11.9. The van der Waals surface area contributed by atoms with E-state index in [4.69, 9.17) is 11.6 Å². The Morgan fingerprint density at radius 1 is 1.39 bits per heavy atom. The number of hydrogen-bond donors (Lipinski definition) is 2. The molecule has 0 unspecified atom stereocenters. The Balaban J connectivity index is 2.25. The van der Waals surface area contributed by atoms with E-state index in [1.807, 2.05) is 0 Å². The zero-order valence-corrected chi connectivity index (χ0v) is 10.3. The molecule has 0 saturated carbocycles. The Hall–Kier alpha value is -2.14. The molecule has 6 heteroatoms. The maximum absolute atomic E-state index is 11.9. The number of carbonyl (C=O) groups excluding carboxylic acids is 1. The maximum Gasteiger partial charge on any atom is 0.260 e. The summed E-state index contributed by atoms with van der Waals surface area (Å²) in [6.45, 7) is 1.72. The van der Waals surface area contributed by atoms with Crippen LogP contribution in [-0.4, -0.2) is 21.0 Å². The smallest absolute Gasteiger partial charge is 0.260 e. The monoisotopic (exact) mass is 263 g/mol. The van der Waals surface area contributed by atoms with Crippen molar-refractivity contribution in [2.45, 2.75) is 6.92 Å². The van der Waals surface area contributed by atoms with Crippen LogP contribution < -0.4 is 5.32 Å². The van der Waals surface area contributed by atoms with E-state index in [2.05, 4.69) is 15.3 Å².